The van der Waals surface area contributed by atoms with Crippen LogP contribution in [0.25, 0.3) is 0 Å². The van der Waals surface area contributed by atoms with Crippen LogP contribution < -0.4 is 21.3 Å². The second-order valence-corrected chi connectivity index (χ2v) is 8.21. The first-order valence-electron chi connectivity index (χ1n) is 10.8. The molecule has 1 amide bonds. The van der Waals surface area contributed by atoms with Gasteiger partial charge < -0.3 is 26.0 Å². The van der Waals surface area contributed by atoms with Crippen LogP contribution in [0.3, 0.4) is 0 Å². The molecule has 0 aromatic carbocycles. The lowest BCUT2D eigenvalue weighted by Crippen LogP contribution is -2.47. The third kappa shape index (κ3) is 4.63. The predicted octanol–water partition coefficient (Wildman–Crippen LogP) is 1.16. The molecule has 3 fully saturated rings. The van der Waals surface area contributed by atoms with Crippen molar-refractivity contribution in [3.8, 4) is 0 Å². The van der Waals surface area contributed by atoms with E-state index in [4.69, 9.17) is 15.5 Å². The summed E-state index contributed by atoms with van der Waals surface area (Å²) in [5, 5.41) is 6.92. The van der Waals surface area contributed by atoms with Gasteiger partial charge in [0.05, 0.1) is 24.8 Å². The van der Waals surface area contributed by atoms with Gasteiger partial charge in [-0.2, -0.15) is 0 Å². The van der Waals surface area contributed by atoms with Crippen LogP contribution in [-0.4, -0.2) is 54.7 Å². The standard InChI is InChI=1S/C21H32N6O2/c1-2-23-21(26-17-12-16-5-6-18(17)29-16)25-13-15-4-3-9-24-20(15)27-10-7-14(8-11-27)19(22)28/h3-4,9,14,16-18H,2,5-8,10-13H2,1H3,(H2,22,28)(H2,23,25,26). The summed E-state index contributed by atoms with van der Waals surface area (Å²) < 4.78 is 5.96. The van der Waals surface area contributed by atoms with E-state index < -0.39 is 0 Å². The first-order valence-corrected chi connectivity index (χ1v) is 10.8. The minimum absolute atomic E-state index is 0.0232. The van der Waals surface area contributed by atoms with Crippen LogP contribution in [-0.2, 0) is 16.1 Å². The van der Waals surface area contributed by atoms with Gasteiger partial charge in [0.15, 0.2) is 5.96 Å². The van der Waals surface area contributed by atoms with Crippen molar-refractivity contribution in [2.75, 3.05) is 24.5 Å². The molecule has 3 aliphatic heterocycles. The van der Waals surface area contributed by atoms with E-state index in [0.29, 0.717) is 24.8 Å². The summed E-state index contributed by atoms with van der Waals surface area (Å²) in [6.07, 6.45) is 7.47. The molecule has 1 aromatic rings. The summed E-state index contributed by atoms with van der Waals surface area (Å²) in [4.78, 5) is 23.1. The van der Waals surface area contributed by atoms with E-state index in [1.807, 2.05) is 12.3 Å². The average molecular weight is 401 g/mol. The van der Waals surface area contributed by atoms with E-state index in [1.165, 1.54) is 6.42 Å². The van der Waals surface area contributed by atoms with E-state index in [-0.39, 0.29) is 11.8 Å². The van der Waals surface area contributed by atoms with Gasteiger partial charge in [0, 0.05) is 37.3 Å². The zero-order valence-corrected chi connectivity index (χ0v) is 17.1. The molecule has 4 N–H and O–H groups in total. The van der Waals surface area contributed by atoms with Crippen LogP contribution in [0.1, 0.15) is 44.6 Å². The molecule has 3 aliphatic rings. The Morgan fingerprint density at radius 3 is 2.83 bits per heavy atom. The molecule has 29 heavy (non-hydrogen) atoms. The average Bonchev–Trinajstić information content (AvgIpc) is 3.36. The summed E-state index contributed by atoms with van der Waals surface area (Å²) in [6.45, 7) is 5.03. The highest BCUT2D eigenvalue weighted by Gasteiger charge is 2.41. The maximum Gasteiger partial charge on any atom is 0.220 e. The molecule has 2 bridgehead atoms. The molecule has 4 rings (SSSR count). The van der Waals surface area contributed by atoms with Crippen molar-refractivity contribution in [2.24, 2.45) is 16.6 Å². The smallest absolute Gasteiger partial charge is 0.220 e. The number of fused-ring (bicyclic) bond motifs is 2. The Hall–Kier alpha value is -2.35. The van der Waals surface area contributed by atoms with Crippen molar-refractivity contribution in [3.63, 3.8) is 0 Å². The number of nitrogens with one attached hydrogen (secondary N) is 2. The highest BCUT2D eigenvalue weighted by molar-refractivity contribution is 5.80. The van der Waals surface area contributed by atoms with Crippen molar-refractivity contribution in [1.29, 1.82) is 0 Å². The number of amides is 1. The number of hydrogen-bond acceptors (Lipinski definition) is 5. The van der Waals surface area contributed by atoms with Crippen LogP contribution >= 0.6 is 0 Å². The van der Waals surface area contributed by atoms with Crippen molar-refractivity contribution in [3.05, 3.63) is 23.9 Å². The van der Waals surface area contributed by atoms with Gasteiger partial charge in [0.2, 0.25) is 5.91 Å². The molecule has 3 saturated heterocycles. The number of piperidine rings is 1. The van der Waals surface area contributed by atoms with Crippen LogP contribution in [0.15, 0.2) is 23.3 Å². The van der Waals surface area contributed by atoms with Gasteiger partial charge in [-0.1, -0.05) is 6.07 Å². The molecule has 0 saturated carbocycles. The Morgan fingerprint density at radius 1 is 1.34 bits per heavy atom. The van der Waals surface area contributed by atoms with Crippen LogP contribution in [0.2, 0.25) is 0 Å². The molecular weight excluding hydrogens is 368 g/mol. The van der Waals surface area contributed by atoms with E-state index in [1.54, 1.807) is 0 Å². The predicted molar refractivity (Wildman–Crippen MR) is 113 cm³/mol. The van der Waals surface area contributed by atoms with Gasteiger partial charge in [-0.15, -0.1) is 0 Å². The van der Waals surface area contributed by atoms with Crippen molar-refractivity contribution < 1.29 is 9.53 Å². The van der Waals surface area contributed by atoms with Gasteiger partial charge in [-0.05, 0) is 45.1 Å². The number of aromatic nitrogens is 1. The molecule has 0 radical (unpaired) electrons. The zero-order valence-electron chi connectivity index (χ0n) is 17.1. The Balaban J connectivity index is 1.42. The second kappa shape index (κ2) is 8.98. The number of nitrogens with zero attached hydrogens (tertiary/aromatic N) is 3. The summed E-state index contributed by atoms with van der Waals surface area (Å²) in [5.74, 6) is 1.57. The molecule has 3 atom stereocenters. The lowest BCUT2D eigenvalue weighted by atomic mass is 9.96. The number of primary amides is 1. The number of aliphatic imine (C=N–C) groups is 1. The van der Waals surface area contributed by atoms with E-state index in [9.17, 15) is 4.79 Å². The van der Waals surface area contributed by atoms with Crippen molar-refractivity contribution >= 4 is 17.7 Å². The summed E-state index contributed by atoms with van der Waals surface area (Å²) in [5.41, 5.74) is 6.56. The lowest BCUT2D eigenvalue weighted by molar-refractivity contribution is -0.122. The number of hydrogen-bond donors (Lipinski definition) is 3. The highest BCUT2D eigenvalue weighted by atomic mass is 16.5. The van der Waals surface area contributed by atoms with Gasteiger partial charge in [-0.3, -0.25) is 4.79 Å². The molecule has 1 aromatic heterocycles. The van der Waals surface area contributed by atoms with Gasteiger partial charge in [0.1, 0.15) is 5.82 Å². The third-order valence-electron chi connectivity index (χ3n) is 6.24. The molecule has 0 spiro atoms. The Labute approximate surface area is 172 Å². The lowest BCUT2D eigenvalue weighted by Gasteiger charge is -2.32. The number of ether oxygens (including phenoxy) is 1. The number of carbonyl (C=O) groups is 1. The maximum absolute atomic E-state index is 11.4. The molecule has 4 heterocycles. The molecule has 8 nitrogen and oxygen atoms in total. The van der Waals surface area contributed by atoms with Crippen LogP contribution in [0.4, 0.5) is 5.82 Å². The number of guanidine groups is 1. The number of anilines is 1. The first-order chi connectivity index (χ1) is 14.1. The van der Waals surface area contributed by atoms with Crippen LogP contribution in [0, 0.1) is 5.92 Å². The molecule has 3 unspecified atom stereocenters. The highest BCUT2D eigenvalue weighted by Crippen LogP contribution is 2.34. The van der Waals surface area contributed by atoms with Crippen LogP contribution in [0.5, 0.6) is 0 Å². The zero-order chi connectivity index (χ0) is 20.2. The van der Waals surface area contributed by atoms with E-state index >= 15 is 0 Å². The van der Waals surface area contributed by atoms with Gasteiger partial charge in [0.25, 0.3) is 0 Å². The van der Waals surface area contributed by atoms with E-state index in [0.717, 1.165) is 62.7 Å². The Bertz CT molecular complexity index is 746. The molecule has 0 aliphatic carbocycles. The normalized spacial score (nSPS) is 27.3. The summed E-state index contributed by atoms with van der Waals surface area (Å²) >= 11 is 0. The first kappa shape index (κ1) is 19.9. The van der Waals surface area contributed by atoms with Crippen molar-refractivity contribution in [2.45, 2.75) is 63.8 Å². The quantitative estimate of drug-likeness (QED) is 0.489. The van der Waals surface area contributed by atoms with E-state index in [2.05, 4.69) is 33.5 Å². The molecule has 8 heteroatoms. The fourth-order valence-corrected chi connectivity index (χ4v) is 4.66. The number of nitrogens with two attached hydrogens (primary N) is 1. The number of pyridine rings is 1. The van der Waals surface area contributed by atoms with Gasteiger partial charge in [-0.25, -0.2) is 9.98 Å². The largest absolute Gasteiger partial charge is 0.373 e. The fourth-order valence-electron chi connectivity index (χ4n) is 4.66. The fraction of sp³-hybridized carbons (Fsp3) is 0.667. The summed E-state index contributed by atoms with van der Waals surface area (Å²) in [7, 11) is 0. The second-order valence-electron chi connectivity index (χ2n) is 8.21. The minimum atomic E-state index is -0.193. The minimum Gasteiger partial charge on any atom is -0.373 e. The topological polar surface area (TPSA) is 105 Å². The Kier molecular flexibility index (Phi) is 6.18. The third-order valence-corrected chi connectivity index (χ3v) is 6.24. The molecular formula is C21H32N6O2. The monoisotopic (exact) mass is 400 g/mol. The summed E-state index contributed by atoms with van der Waals surface area (Å²) in [6, 6.07) is 4.37. The molecule has 158 valence electrons. The maximum atomic E-state index is 11.4. The SMILES string of the molecule is CCNC(=NCc1cccnc1N1CCC(C(N)=O)CC1)NC1CC2CCC1O2. The van der Waals surface area contributed by atoms with Gasteiger partial charge >= 0.3 is 0 Å². The Morgan fingerprint density at radius 2 is 2.17 bits per heavy atom. The van der Waals surface area contributed by atoms with Crippen molar-refractivity contribution in [1.82, 2.24) is 15.6 Å². The number of carbonyl (C=O) groups excluding carboxylic acids is 1. The number of rotatable bonds is 6.